The van der Waals surface area contributed by atoms with Crippen LogP contribution in [0.15, 0.2) is 24.3 Å². The molecular weight excluding hydrogens is 284 g/mol. The number of likely N-dealkylation sites (N-methyl/N-ethyl adjacent to an activating group) is 1. The highest BCUT2D eigenvalue weighted by atomic mass is 16.3. The molecule has 0 bridgehead atoms. The first-order chi connectivity index (χ1) is 11.0. The Labute approximate surface area is 141 Å². The second-order valence-electron chi connectivity index (χ2n) is 7.82. The summed E-state index contributed by atoms with van der Waals surface area (Å²) in [4.78, 5) is 4.97. The van der Waals surface area contributed by atoms with Gasteiger partial charge in [-0.25, -0.2) is 0 Å². The molecule has 1 heterocycles. The molecule has 0 amide bonds. The molecule has 23 heavy (non-hydrogen) atoms. The molecule has 3 heteroatoms. The quantitative estimate of drug-likeness (QED) is 0.925. The summed E-state index contributed by atoms with van der Waals surface area (Å²) >= 11 is 0. The zero-order valence-electron chi connectivity index (χ0n) is 14.8. The molecule has 2 fully saturated rings. The van der Waals surface area contributed by atoms with Crippen molar-refractivity contribution in [2.75, 3.05) is 39.8 Å². The highest BCUT2D eigenvalue weighted by Crippen LogP contribution is 2.37. The Morgan fingerprint density at radius 3 is 2.70 bits per heavy atom. The van der Waals surface area contributed by atoms with Crippen molar-refractivity contribution >= 4 is 0 Å². The molecule has 3 nitrogen and oxygen atoms in total. The number of hydrogen-bond acceptors (Lipinski definition) is 3. The van der Waals surface area contributed by atoms with Crippen LogP contribution in [0.5, 0.6) is 0 Å². The molecule has 1 saturated carbocycles. The number of aryl methyl sites for hydroxylation is 1. The molecule has 0 radical (unpaired) electrons. The molecule has 128 valence electrons. The van der Waals surface area contributed by atoms with Crippen molar-refractivity contribution in [2.24, 2.45) is 5.92 Å². The van der Waals surface area contributed by atoms with Crippen LogP contribution in [-0.2, 0) is 6.42 Å². The fourth-order valence-electron chi connectivity index (χ4n) is 4.31. The van der Waals surface area contributed by atoms with E-state index in [9.17, 15) is 5.11 Å². The van der Waals surface area contributed by atoms with Gasteiger partial charge in [0, 0.05) is 45.1 Å². The van der Waals surface area contributed by atoms with Crippen LogP contribution in [0, 0.1) is 12.8 Å². The standard InChI is InChI=1S/C20H32N2O/c1-17-6-5-7-18(14-17)15-20(23)9-4-3-8-19(20)16-22-12-10-21(2)11-13-22/h5-7,14,19,23H,3-4,8-13,15-16H2,1-2H3. The van der Waals surface area contributed by atoms with Crippen LogP contribution >= 0.6 is 0 Å². The van der Waals surface area contributed by atoms with Gasteiger partial charge in [-0.1, -0.05) is 42.7 Å². The Bertz CT molecular complexity index is 510. The lowest BCUT2D eigenvalue weighted by Crippen LogP contribution is -2.52. The van der Waals surface area contributed by atoms with Gasteiger partial charge >= 0.3 is 0 Å². The topological polar surface area (TPSA) is 26.7 Å². The molecule has 1 N–H and O–H groups in total. The largest absolute Gasteiger partial charge is 0.389 e. The Hall–Kier alpha value is -0.900. The maximum Gasteiger partial charge on any atom is 0.0728 e. The second kappa shape index (κ2) is 7.33. The van der Waals surface area contributed by atoms with E-state index in [1.54, 1.807) is 0 Å². The maximum absolute atomic E-state index is 11.4. The monoisotopic (exact) mass is 316 g/mol. The van der Waals surface area contributed by atoms with Crippen LogP contribution in [0.3, 0.4) is 0 Å². The number of benzene rings is 1. The molecule has 2 atom stereocenters. The van der Waals surface area contributed by atoms with E-state index in [0.29, 0.717) is 5.92 Å². The Morgan fingerprint density at radius 2 is 1.96 bits per heavy atom. The highest BCUT2D eigenvalue weighted by Gasteiger charge is 2.39. The average molecular weight is 316 g/mol. The molecular formula is C20H32N2O. The van der Waals surface area contributed by atoms with E-state index in [2.05, 4.69) is 48.0 Å². The smallest absolute Gasteiger partial charge is 0.0728 e. The van der Waals surface area contributed by atoms with Gasteiger partial charge in [0.2, 0.25) is 0 Å². The van der Waals surface area contributed by atoms with Gasteiger partial charge in [-0.05, 0) is 32.4 Å². The van der Waals surface area contributed by atoms with Gasteiger partial charge in [-0.3, -0.25) is 0 Å². The molecule has 2 aliphatic rings. The third-order valence-corrected chi connectivity index (χ3v) is 5.84. The first kappa shape index (κ1) is 16.9. The van der Waals surface area contributed by atoms with Gasteiger partial charge in [0.25, 0.3) is 0 Å². The molecule has 3 rings (SSSR count). The third kappa shape index (κ3) is 4.34. The SMILES string of the molecule is Cc1cccc(CC2(O)CCCCC2CN2CCN(C)CC2)c1. The summed E-state index contributed by atoms with van der Waals surface area (Å²) in [5.74, 6) is 0.417. The predicted molar refractivity (Wildman–Crippen MR) is 95.7 cm³/mol. The second-order valence-corrected chi connectivity index (χ2v) is 7.82. The normalized spacial score (nSPS) is 30.5. The highest BCUT2D eigenvalue weighted by molar-refractivity contribution is 5.24. The van der Waals surface area contributed by atoms with Crippen molar-refractivity contribution in [3.05, 3.63) is 35.4 Å². The lowest BCUT2D eigenvalue weighted by molar-refractivity contribution is -0.0620. The van der Waals surface area contributed by atoms with Crippen molar-refractivity contribution in [1.82, 2.24) is 9.80 Å². The molecule has 1 saturated heterocycles. The minimum atomic E-state index is -0.518. The molecule has 0 aromatic heterocycles. The third-order valence-electron chi connectivity index (χ3n) is 5.84. The summed E-state index contributed by atoms with van der Waals surface area (Å²) in [6.07, 6.45) is 5.39. The van der Waals surface area contributed by atoms with Crippen molar-refractivity contribution in [1.29, 1.82) is 0 Å². The molecule has 2 unspecified atom stereocenters. The summed E-state index contributed by atoms with van der Waals surface area (Å²) in [6, 6.07) is 8.66. The minimum absolute atomic E-state index is 0.417. The summed E-state index contributed by atoms with van der Waals surface area (Å²) < 4.78 is 0. The van der Waals surface area contributed by atoms with Gasteiger partial charge in [0.1, 0.15) is 0 Å². The fraction of sp³-hybridized carbons (Fsp3) is 0.700. The molecule has 1 aromatic carbocycles. The van der Waals surface area contributed by atoms with E-state index in [0.717, 1.165) is 45.6 Å². The minimum Gasteiger partial charge on any atom is -0.389 e. The number of hydrogen-bond donors (Lipinski definition) is 1. The Kier molecular flexibility index (Phi) is 5.40. The van der Waals surface area contributed by atoms with Crippen molar-refractivity contribution < 1.29 is 5.11 Å². The number of piperazine rings is 1. The number of rotatable bonds is 4. The van der Waals surface area contributed by atoms with Gasteiger partial charge in [-0.2, -0.15) is 0 Å². The van der Waals surface area contributed by atoms with Crippen molar-refractivity contribution in [3.8, 4) is 0 Å². The van der Waals surface area contributed by atoms with Gasteiger partial charge in [-0.15, -0.1) is 0 Å². The summed E-state index contributed by atoms with van der Waals surface area (Å²) in [5, 5.41) is 11.4. The fourth-order valence-corrected chi connectivity index (χ4v) is 4.31. The average Bonchev–Trinajstić information content (AvgIpc) is 2.52. The van der Waals surface area contributed by atoms with Gasteiger partial charge in [0.15, 0.2) is 0 Å². The van der Waals surface area contributed by atoms with Crippen molar-refractivity contribution in [3.63, 3.8) is 0 Å². The Balaban J connectivity index is 1.67. The first-order valence-electron chi connectivity index (χ1n) is 9.24. The molecule has 0 spiro atoms. The van der Waals surface area contributed by atoms with Gasteiger partial charge < -0.3 is 14.9 Å². The van der Waals surface area contributed by atoms with Crippen LogP contribution in [0.1, 0.15) is 36.8 Å². The first-order valence-corrected chi connectivity index (χ1v) is 9.24. The van der Waals surface area contributed by atoms with E-state index in [1.807, 2.05) is 0 Å². The van der Waals surface area contributed by atoms with Crippen LogP contribution in [0.2, 0.25) is 0 Å². The summed E-state index contributed by atoms with van der Waals surface area (Å²) in [7, 11) is 2.20. The van der Waals surface area contributed by atoms with E-state index in [-0.39, 0.29) is 0 Å². The predicted octanol–water partition coefficient (Wildman–Crippen LogP) is 2.71. The number of aliphatic hydroxyl groups is 1. The van der Waals surface area contributed by atoms with E-state index >= 15 is 0 Å². The number of nitrogens with zero attached hydrogens (tertiary/aromatic N) is 2. The van der Waals surface area contributed by atoms with Crippen molar-refractivity contribution in [2.45, 2.75) is 44.6 Å². The van der Waals surface area contributed by atoms with Gasteiger partial charge in [0.05, 0.1) is 5.60 Å². The van der Waals surface area contributed by atoms with Crippen LogP contribution in [-0.4, -0.2) is 60.3 Å². The van der Waals surface area contributed by atoms with Crippen LogP contribution in [0.4, 0.5) is 0 Å². The van der Waals surface area contributed by atoms with E-state index < -0.39 is 5.60 Å². The van der Waals surface area contributed by atoms with E-state index in [1.165, 1.54) is 30.4 Å². The van der Waals surface area contributed by atoms with E-state index in [4.69, 9.17) is 0 Å². The Morgan fingerprint density at radius 1 is 1.17 bits per heavy atom. The molecule has 1 aliphatic carbocycles. The lowest BCUT2D eigenvalue weighted by atomic mass is 9.72. The van der Waals surface area contributed by atoms with Crippen LogP contribution in [0.25, 0.3) is 0 Å². The molecule has 1 aromatic rings. The van der Waals surface area contributed by atoms with Crippen LogP contribution < -0.4 is 0 Å². The zero-order chi connectivity index (χ0) is 16.3. The summed E-state index contributed by atoms with van der Waals surface area (Å²) in [6.45, 7) is 7.80. The molecule has 1 aliphatic heterocycles. The lowest BCUT2D eigenvalue weighted by Gasteiger charge is -2.44. The maximum atomic E-state index is 11.4. The summed E-state index contributed by atoms with van der Waals surface area (Å²) in [5.41, 5.74) is 2.06. The zero-order valence-corrected chi connectivity index (χ0v) is 14.8.